The molecule has 1 nitrogen and oxygen atoms in total. The van der Waals surface area contributed by atoms with Crippen molar-refractivity contribution in [2.24, 2.45) is 0 Å². The fraction of sp³-hybridized carbons (Fsp3) is 0.538. The van der Waals surface area contributed by atoms with E-state index in [1.165, 1.54) is 0 Å². The van der Waals surface area contributed by atoms with Crippen molar-refractivity contribution in [1.82, 2.24) is 0 Å². The zero-order valence-corrected chi connectivity index (χ0v) is 10.1. The zero-order valence-electron chi connectivity index (χ0n) is 9.33. The Morgan fingerprint density at radius 3 is 2.47 bits per heavy atom. The van der Waals surface area contributed by atoms with Crippen LogP contribution in [0.5, 0.6) is 0 Å². The predicted octanol–water partition coefficient (Wildman–Crippen LogP) is 3.21. The third-order valence-corrected chi connectivity index (χ3v) is 5.33. The van der Waals surface area contributed by atoms with Gasteiger partial charge in [-0.15, -0.1) is 0 Å². The van der Waals surface area contributed by atoms with Crippen molar-refractivity contribution in [2.75, 3.05) is 0 Å². The summed E-state index contributed by atoms with van der Waals surface area (Å²) in [6.45, 7) is 0. The van der Waals surface area contributed by atoms with Crippen molar-refractivity contribution in [2.45, 2.75) is 41.8 Å². The molecule has 3 rings (SSSR count). The van der Waals surface area contributed by atoms with Gasteiger partial charge in [0.05, 0.1) is 5.60 Å². The lowest BCUT2D eigenvalue weighted by Gasteiger charge is -2.36. The molecule has 0 amide bonds. The molecular weight excluding hydrogens is 242 g/mol. The van der Waals surface area contributed by atoms with E-state index in [2.05, 4.69) is 0 Å². The Morgan fingerprint density at radius 2 is 1.82 bits per heavy atom. The summed E-state index contributed by atoms with van der Waals surface area (Å²) in [5.74, 6) is -0.986. The Hall–Kier alpha value is -0.610. The van der Waals surface area contributed by atoms with Crippen LogP contribution in [0.4, 0.5) is 8.78 Å². The zero-order chi connectivity index (χ0) is 12.0. The van der Waals surface area contributed by atoms with E-state index in [0.717, 1.165) is 31.0 Å². The van der Waals surface area contributed by atoms with Gasteiger partial charge < -0.3 is 5.11 Å². The molecular formula is C13H14F2OS. The maximum Gasteiger partial charge on any atom is 0.129 e. The molecule has 2 atom stereocenters. The highest BCUT2D eigenvalue weighted by atomic mass is 32.2. The lowest BCUT2D eigenvalue weighted by Crippen LogP contribution is -2.35. The summed E-state index contributed by atoms with van der Waals surface area (Å²) in [7, 11) is 0. The average molecular weight is 256 g/mol. The highest BCUT2D eigenvalue weighted by Crippen LogP contribution is 2.51. The second-order valence-corrected chi connectivity index (χ2v) is 6.63. The van der Waals surface area contributed by atoms with Crippen LogP contribution in [0.25, 0.3) is 0 Å². The third-order valence-electron chi connectivity index (χ3n) is 3.76. The molecule has 17 heavy (non-hydrogen) atoms. The van der Waals surface area contributed by atoms with E-state index < -0.39 is 17.2 Å². The topological polar surface area (TPSA) is 20.2 Å². The quantitative estimate of drug-likeness (QED) is 0.832. The number of hydrogen-bond acceptors (Lipinski definition) is 2. The summed E-state index contributed by atoms with van der Waals surface area (Å²) in [5, 5.41) is 11.4. The van der Waals surface area contributed by atoms with Gasteiger partial charge in [0.2, 0.25) is 0 Å². The molecule has 0 aliphatic carbocycles. The lowest BCUT2D eigenvalue weighted by molar-refractivity contribution is 0.0159. The summed E-state index contributed by atoms with van der Waals surface area (Å²) < 4.78 is 26.9. The number of fused-ring (bicyclic) bond motifs is 2. The number of aliphatic hydroxyl groups is 1. The second-order valence-electron chi connectivity index (χ2n) is 5.02. The van der Waals surface area contributed by atoms with Crippen LogP contribution in [0.2, 0.25) is 0 Å². The molecule has 2 saturated heterocycles. The fourth-order valence-corrected chi connectivity index (χ4v) is 4.82. The van der Waals surface area contributed by atoms with Crippen molar-refractivity contribution in [3.63, 3.8) is 0 Å². The van der Waals surface area contributed by atoms with Crippen molar-refractivity contribution in [3.05, 3.63) is 35.4 Å². The summed E-state index contributed by atoms with van der Waals surface area (Å²) >= 11 is 1.88. The van der Waals surface area contributed by atoms with E-state index in [-0.39, 0.29) is 5.56 Å². The van der Waals surface area contributed by atoms with Gasteiger partial charge in [-0.2, -0.15) is 11.8 Å². The molecule has 2 fully saturated rings. The van der Waals surface area contributed by atoms with Crippen LogP contribution >= 0.6 is 11.8 Å². The van der Waals surface area contributed by atoms with Crippen LogP contribution in [-0.2, 0) is 5.60 Å². The molecule has 2 bridgehead atoms. The van der Waals surface area contributed by atoms with Crippen LogP contribution in [0.3, 0.4) is 0 Å². The van der Waals surface area contributed by atoms with Gasteiger partial charge in [-0.3, -0.25) is 0 Å². The van der Waals surface area contributed by atoms with Crippen LogP contribution in [0, 0.1) is 11.6 Å². The maximum absolute atomic E-state index is 13.7. The van der Waals surface area contributed by atoms with Gasteiger partial charge in [-0.1, -0.05) is 0 Å². The Labute approximate surface area is 103 Å². The Morgan fingerprint density at radius 1 is 1.18 bits per heavy atom. The first kappa shape index (κ1) is 11.5. The molecule has 0 spiro atoms. The molecule has 2 heterocycles. The molecule has 92 valence electrons. The van der Waals surface area contributed by atoms with Gasteiger partial charge in [0.1, 0.15) is 11.6 Å². The van der Waals surface area contributed by atoms with Gasteiger partial charge >= 0.3 is 0 Å². The van der Waals surface area contributed by atoms with E-state index >= 15 is 0 Å². The van der Waals surface area contributed by atoms with Crippen molar-refractivity contribution < 1.29 is 13.9 Å². The van der Waals surface area contributed by atoms with E-state index in [1.54, 1.807) is 0 Å². The lowest BCUT2D eigenvalue weighted by atomic mass is 9.85. The predicted molar refractivity (Wildman–Crippen MR) is 63.9 cm³/mol. The maximum atomic E-state index is 13.7. The first-order chi connectivity index (χ1) is 8.07. The van der Waals surface area contributed by atoms with E-state index in [4.69, 9.17) is 0 Å². The summed E-state index contributed by atoms with van der Waals surface area (Å²) in [4.78, 5) is 0. The van der Waals surface area contributed by atoms with Crippen LogP contribution in [-0.4, -0.2) is 15.6 Å². The molecule has 1 aromatic carbocycles. The first-order valence-corrected chi connectivity index (χ1v) is 6.84. The molecule has 1 N–H and O–H groups in total. The molecule has 2 unspecified atom stereocenters. The number of benzene rings is 1. The molecule has 0 saturated carbocycles. The minimum Gasteiger partial charge on any atom is -0.385 e. The van der Waals surface area contributed by atoms with Crippen LogP contribution in [0.1, 0.15) is 31.2 Å². The summed E-state index contributed by atoms with van der Waals surface area (Å²) in [6, 6.07) is 3.34. The fourth-order valence-electron chi connectivity index (χ4n) is 2.99. The number of halogens is 2. The van der Waals surface area contributed by atoms with Crippen LogP contribution in [0.15, 0.2) is 18.2 Å². The number of hydrogen-bond donors (Lipinski definition) is 1. The molecule has 2 aliphatic heterocycles. The van der Waals surface area contributed by atoms with Gasteiger partial charge in [0, 0.05) is 16.1 Å². The molecule has 2 aliphatic rings. The standard InChI is InChI=1S/C13H14F2OS/c14-8-1-4-12(15)11(5-8)13(16)6-9-2-3-10(7-13)17-9/h1,4-5,9-10,16H,2-3,6-7H2. The summed E-state index contributed by atoms with van der Waals surface area (Å²) in [6.07, 6.45) is 3.23. The third kappa shape index (κ3) is 1.97. The number of thioether (sulfide) groups is 1. The molecule has 1 aromatic rings. The summed E-state index contributed by atoms with van der Waals surface area (Å²) in [5.41, 5.74) is -1.04. The largest absolute Gasteiger partial charge is 0.385 e. The van der Waals surface area contributed by atoms with Crippen molar-refractivity contribution in [1.29, 1.82) is 0 Å². The molecule has 0 aromatic heterocycles. The highest BCUT2D eigenvalue weighted by Gasteiger charge is 2.45. The van der Waals surface area contributed by atoms with Gasteiger partial charge in [-0.25, -0.2) is 8.78 Å². The average Bonchev–Trinajstić information content (AvgIpc) is 2.62. The van der Waals surface area contributed by atoms with Crippen LogP contribution < -0.4 is 0 Å². The van der Waals surface area contributed by atoms with Crippen molar-refractivity contribution >= 4 is 11.8 Å². The first-order valence-electron chi connectivity index (χ1n) is 5.90. The molecule has 4 heteroatoms. The monoisotopic (exact) mass is 256 g/mol. The van der Waals surface area contributed by atoms with Gasteiger partial charge in [0.25, 0.3) is 0 Å². The number of rotatable bonds is 1. The minimum atomic E-state index is -1.18. The Bertz CT molecular complexity index is 437. The Kier molecular flexibility index (Phi) is 2.67. The van der Waals surface area contributed by atoms with Gasteiger partial charge in [-0.05, 0) is 43.9 Å². The van der Waals surface area contributed by atoms with Crippen molar-refractivity contribution in [3.8, 4) is 0 Å². The SMILES string of the molecule is OC1(c2cc(F)ccc2F)CC2CCC(C1)S2. The van der Waals surface area contributed by atoms with E-state index in [1.807, 2.05) is 11.8 Å². The minimum absolute atomic E-state index is 0.134. The second kappa shape index (κ2) is 3.95. The van der Waals surface area contributed by atoms with E-state index in [9.17, 15) is 13.9 Å². The highest BCUT2D eigenvalue weighted by molar-refractivity contribution is 8.00. The smallest absolute Gasteiger partial charge is 0.129 e. The van der Waals surface area contributed by atoms with E-state index in [0.29, 0.717) is 23.3 Å². The Balaban J connectivity index is 1.99. The normalized spacial score (nSPS) is 36.2. The van der Waals surface area contributed by atoms with Gasteiger partial charge in [0.15, 0.2) is 0 Å². The molecule has 0 radical (unpaired) electrons.